The monoisotopic (exact) mass is 263 g/mol. The van der Waals surface area contributed by atoms with Crippen LogP contribution in [-0.4, -0.2) is 48.1 Å². The van der Waals surface area contributed by atoms with Gasteiger partial charge >= 0.3 is 0 Å². The van der Waals surface area contributed by atoms with Crippen molar-refractivity contribution in [1.29, 1.82) is 0 Å². The zero-order valence-electron chi connectivity index (χ0n) is 11.6. The molecule has 1 N–H and O–H groups in total. The van der Waals surface area contributed by atoms with Gasteiger partial charge in [-0.15, -0.1) is 0 Å². The van der Waals surface area contributed by atoms with E-state index in [1.54, 1.807) is 23.2 Å². The van der Waals surface area contributed by atoms with Crippen LogP contribution in [0.5, 0.6) is 5.75 Å². The standard InChI is InChI=1S/C14H21N3O2/c1-3-17(4-2)14(18)13-9-11(6-8-16-13)19-12-5-7-15-10-12/h6,8-9,12,15H,3-5,7,10H2,1-2H3. The Kier molecular flexibility index (Phi) is 4.74. The average Bonchev–Trinajstić information content (AvgIpc) is 2.93. The molecule has 1 unspecified atom stereocenters. The van der Waals surface area contributed by atoms with Crippen molar-refractivity contribution in [3.8, 4) is 5.75 Å². The smallest absolute Gasteiger partial charge is 0.272 e. The van der Waals surface area contributed by atoms with Gasteiger partial charge in [0.1, 0.15) is 17.5 Å². The summed E-state index contributed by atoms with van der Waals surface area (Å²) in [6.45, 7) is 7.16. The molecule has 1 saturated heterocycles. The SMILES string of the molecule is CCN(CC)C(=O)c1cc(OC2CCNC2)ccn1. The van der Waals surface area contributed by atoms with E-state index in [0.29, 0.717) is 18.8 Å². The zero-order valence-corrected chi connectivity index (χ0v) is 11.6. The summed E-state index contributed by atoms with van der Waals surface area (Å²) in [5.41, 5.74) is 0.451. The molecule has 1 atom stereocenters. The minimum absolute atomic E-state index is 0.0417. The van der Waals surface area contributed by atoms with Gasteiger partial charge in [-0.3, -0.25) is 9.78 Å². The van der Waals surface area contributed by atoms with Crippen LogP contribution < -0.4 is 10.1 Å². The van der Waals surface area contributed by atoms with Gasteiger partial charge in [-0.1, -0.05) is 0 Å². The van der Waals surface area contributed by atoms with E-state index in [4.69, 9.17) is 4.74 Å². The molecule has 0 saturated carbocycles. The van der Waals surface area contributed by atoms with Crippen molar-refractivity contribution < 1.29 is 9.53 Å². The lowest BCUT2D eigenvalue weighted by molar-refractivity contribution is 0.0766. The van der Waals surface area contributed by atoms with Gasteiger partial charge in [-0.2, -0.15) is 0 Å². The lowest BCUT2D eigenvalue weighted by Crippen LogP contribution is -2.31. The van der Waals surface area contributed by atoms with Crippen LogP contribution in [0.25, 0.3) is 0 Å². The number of carbonyl (C=O) groups excluding carboxylic acids is 1. The Morgan fingerprint density at radius 3 is 2.95 bits per heavy atom. The number of hydrogen-bond acceptors (Lipinski definition) is 4. The molecule has 0 radical (unpaired) electrons. The molecule has 2 rings (SSSR count). The van der Waals surface area contributed by atoms with E-state index in [2.05, 4.69) is 10.3 Å². The van der Waals surface area contributed by atoms with Crippen LogP contribution in [0.4, 0.5) is 0 Å². The van der Waals surface area contributed by atoms with E-state index in [1.807, 2.05) is 13.8 Å². The Hall–Kier alpha value is -1.62. The normalized spacial score (nSPS) is 18.3. The summed E-state index contributed by atoms with van der Waals surface area (Å²) in [5.74, 6) is 0.680. The highest BCUT2D eigenvalue weighted by Crippen LogP contribution is 2.16. The molecule has 1 aliphatic heterocycles. The first-order valence-electron chi connectivity index (χ1n) is 6.87. The first-order chi connectivity index (χ1) is 9.24. The third-order valence-electron chi connectivity index (χ3n) is 3.32. The van der Waals surface area contributed by atoms with Gasteiger partial charge in [0.2, 0.25) is 0 Å². The van der Waals surface area contributed by atoms with Gasteiger partial charge in [0.25, 0.3) is 5.91 Å². The number of carbonyl (C=O) groups is 1. The molecule has 0 bridgehead atoms. The predicted octanol–water partition coefficient (Wildman–Crippen LogP) is 1.30. The Balaban J connectivity index is 2.07. The van der Waals surface area contributed by atoms with Crippen molar-refractivity contribution >= 4 is 5.91 Å². The number of aromatic nitrogens is 1. The lowest BCUT2D eigenvalue weighted by Gasteiger charge is -2.18. The second-order valence-corrected chi connectivity index (χ2v) is 4.59. The predicted molar refractivity (Wildman–Crippen MR) is 73.4 cm³/mol. The first kappa shape index (κ1) is 13.8. The van der Waals surface area contributed by atoms with E-state index < -0.39 is 0 Å². The number of nitrogens with zero attached hydrogens (tertiary/aromatic N) is 2. The zero-order chi connectivity index (χ0) is 13.7. The Morgan fingerprint density at radius 2 is 2.32 bits per heavy atom. The van der Waals surface area contributed by atoms with E-state index in [0.717, 1.165) is 25.3 Å². The minimum atomic E-state index is -0.0417. The molecule has 5 nitrogen and oxygen atoms in total. The second kappa shape index (κ2) is 6.52. The average molecular weight is 263 g/mol. The minimum Gasteiger partial charge on any atom is -0.489 e. The lowest BCUT2D eigenvalue weighted by atomic mass is 10.2. The first-order valence-corrected chi connectivity index (χ1v) is 6.87. The molecule has 19 heavy (non-hydrogen) atoms. The third kappa shape index (κ3) is 3.44. The molecule has 1 aromatic rings. The van der Waals surface area contributed by atoms with E-state index >= 15 is 0 Å². The second-order valence-electron chi connectivity index (χ2n) is 4.59. The van der Waals surface area contributed by atoms with Gasteiger partial charge in [0.05, 0.1) is 0 Å². The summed E-state index contributed by atoms with van der Waals surface area (Å²) < 4.78 is 5.84. The van der Waals surface area contributed by atoms with Gasteiger partial charge in [0, 0.05) is 31.9 Å². The molecule has 1 amide bonds. The maximum absolute atomic E-state index is 12.2. The number of amides is 1. The van der Waals surface area contributed by atoms with Crippen molar-refractivity contribution in [3.05, 3.63) is 24.0 Å². The van der Waals surface area contributed by atoms with Gasteiger partial charge in [-0.25, -0.2) is 0 Å². The summed E-state index contributed by atoms with van der Waals surface area (Å²) in [7, 11) is 0. The number of rotatable bonds is 5. The Labute approximate surface area is 114 Å². The van der Waals surface area contributed by atoms with Crippen molar-refractivity contribution in [2.45, 2.75) is 26.4 Å². The number of nitrogens with one attached hydrogen (secondary N) is 1. The summed E-state index contributed by atoms with van der Waals surface area (Å²) in [5, 5.41) is 3.25. The van der Waals surface area contributed by atoms with Crippen LogP contribution in [0.2, 0.25) is 0 Å². The fourth-order valence-corrected chi connectivity index (χ4v) is 2.20. The van der Waals surface area contributed by atoms with Crippen LogP contribution in [0.1, 0.15) is 30.8 Å². The maximum atomic E-state index is 12.2. The van der Waals surface area contributed by atoms with Crippen molar-refractivity contribution in [2.24, 2.45) is 0 Å². The quantitative estimate of drug-likeness (QED) is 0.870. The molecule has 1 aliphatic rings. The molecule has 1 aromatic heterocycles. The summed E-state index contributed by atoms with van der Waals surface area (Å²) in [4.78, 5) is 18.1. The molecular formula is C14H21N3O2. The molecule has 2 heterocycles. The molecule has 1 fully saturated rings. The number of hydrogen-bond donors (Lipinski definition) is 1. The summed E-state index contributed by atoms with van der Waals surface area (Å²) >= 11 is 0. The van der Waals surface area contributed by atoms with Crippen molar-refractivity contribution in [2.75, 3.05) is 26.2 Å². The Bertz CT molecular complexity index is 426. The van der Waals surface area contributed by atoms with E-state index in [1.165, 1.54) is 0 Å². The van der Waals surface area contributed by atoms with Crippen LogP contribution in [0.3, 0.4) is 0 Å². The Morgan fingerprint density at radius 1 is 1.53 bits per heavy atom. The van der Waals surface area contributed by atoms with Gasteiger partial charge in [0.15, 0.2) is 0 Å². The third-order valence-corrected chi connectivity index (χ3v) is 3.32. The largest absolute Gasteiger partial charge is 0.489 e. The highest BCUT2D eigenvalue weighted by Gasteiger charge is 2.18. The van der Waals surface area contributed by atoms with Gasteiger partial charge < -0.3 is 15.0 Å². The van der Waals surface area contributed by atoms with Gasteiger partial charge in [-0.05, 0) is 32.9 Å². The number of ether oxygens (including phenoxy) is 1. The molecule has 0 aromatic carbocycles. The fraction of sp³-hybridized carbons (Fsp3) is 0.571. The fourth-order valence-electron chi connectivity index (χ4n) is 2.20. The molecule has 0 aliphatic carbocycles. The molecular weight excluding hydrogens is 242 g/mol. The maximum Gasteiger partial charge on any atom is 0.272 e. The summed E-state index contributed by atoms with van der Waals surface area (Å²) in [6.07, 6.45) is 2.83. The molecule has 104 valence electrons. The van der Waals surface area contributed by atoms with Crippen LogP contribution >= 0.6 is 0 Å². The molecule has 0 spiro atoms. The van der Waals surface area contributed by atoms with Crippen LogP contribution in [0, 0.1) is 0 Å². The van der Waals surface area contributed by atoms with E-state index in [9.17, 15) is 4.79 Å². The van der Waals surface area contributed by atoms with Crippen molar-refractivity contribution in [3.63, 3.8) is 0 Å². The topological polar surface area (TPSA) is 54.5 Å². The number of pyridine rings is 1. The van der Waals surface area contributed by atoms with Crippen molar-refractivity contribution in [1.82, 2.24) is 15.2 Å². The molecule has 5 heteroatoms. The summed E-state index contributed by atoms with van der Waals surface area (Å²) in [6, 6.07) is 3.54. The van der Waals surface area contributed by atoms with Crippen LogP contribution in [0.15, 0.2) is 18.3 Å². The van der Waals surface area contributed by atoms with E-state index in [-0.39, 0.29) is 12.0 Å². The highest BCUT2D eigenvalue weighted by molar-refractivity contribution is 5.92. The van der Waals surface area contributed by atoms with Crippen LogP contribution in [-0.2, 0) is 0 Å². The highest BCUT2D eigenvalue weighted by atomic mass is 16.5.